The SMILES string of the molecule is CC(C)CC1CCC2CNCC2C1. The highest BCUT2D eigenvalue weighted by Crippen LogP contribution is 2.38. The summed E-state index contributed by atoms with van der Waals surface area (Å²) in [4.78, 5) is 0. The maximum Gasteiger partial charge on any atom is -0.00172 e. The minimum Gasteiger partial charge on any atom is -0.316 e. The van der Waals surface area contributed by atoms with Crippen molar-refractivity contribution >= 4 is 0 Å². The third kappa shape index (κ3) is 2.25. The monoisotopic (exact) mass is 181 g/mol. The standard InChI is InChI=1S/C12H23N/c1-9(2)5-10-3-4-11-7-13-8-12(11)6-10/h9-13H,3-8H2,1-2H3. The van der Waals surface area contributed by atoms with Gasteiger partial charge in [0.05, 0.1) is 0 Å². The van der Waals surface area contributed by atoms with Gasteiger partial charge in [-0.2, -0.15) is 0 Å². The van der Waals surface area contributed by atoms with E-state index in [4.69, 9.17) is 0 Å². The molecule has 0 aromatic heterocycles. The van der Waals surface area contributed by atoms with Crippen LogP contribution in [0.5, 0.6) is 0 Å². The van der Waals surface area contributed by atoms with Crippen LogP contribution in [0.2, 0.25) is 0 Å². The molecular weight excluding hydrogens is 158 g/mol. The molecule has 0 bridgehead atoms. The van der Waals surface area contributed by atoms with Crippen LogP contribution in [0, 0.1) is 23.7 Å². The molecule has 2 rings (SSSR count). The topological polar surface area (TPSA) is 12.0 Å². The first-order chi connectivity index (χ1) is 6.25. The van der Waals surface area contributed by atoms with E-state index in [-0.39, 0.29) is 0 Å². The molecule has 1 heteroatoms. The van der Waals surface area contributed by atoms with Gasteiger partial charge in [0.25, 0.3) is 0 Å². The Hall–Kier alpha value is -0.0400. The Morgan fingerprint density at radius 2 is 1.92 bits per heavy atom. The van der Waals surface area contributed by atoms with Crippen molar-refractivity contribution in [3.05, 3.63) is 0 Å². The van der Waals surface area contributed by atoms with Gasteiger partial charge in [0.15, 0.2) is 0 Å². The summed E-state index contributed by atoms with van der Waals surface area (Å²) in [6, 6.07) is 0. The van der Waals surface area contributed by atoms with E-state index in [2.05, 4.69) is 19.2 Å². The van der Waals surface area contributed by atoms with E-state index in [1.165, 1.54) is 38.8 Å². The molecule has 0 radical (unpaired) electrons. The Labute approximate surface area is 82.3 Å². The Morgan fingerprint density at radius 1 is 1.15 bits per heavy atom. The molecule has 2 fully saturated rings. The molecule has 13 heavy (non-hydrogen) atoms. The summed E-state index contributed by atoms with van der Waals surface area (Å²) in [7, 11) is 0. The quantitative estimate of drug-likeness (QED) is 0.690. The highest BCUT2D eigenvalue weighted by Gasteiger charge is 2.33. The highest BCUT2D eigenvalue weighted by atomic mass is 14.9. The molecule has 1 nitrogen and oxygen atoms in total. The van der Waals surface area contributed by atoms with Gasteiger partial charge in [-0.05, 0) is 56.0 Å². The normalized spacial score (nSPS) is 39.5. The lowest BCUT2D eigenvalue weighted by Crippen LogP contribution is -2.24. The van der Waals surface area contributed by atoms with Crippen molar-refractivity contribution in [1.82, 2.24) is 5.32 Å². The second-order valence-corrected chi connectivity index (χ2v) is 5.49. The molecule has 1 saturated heterocycles. The van der Waals surface area contributed by atoms with E-state index >= 15 is 0 Å². The van der Waals surface area contributed by atoms with Crippen LogP contribution in [0.1, 0.15) is 39.5 Å². The average Bonchev–Trinajstić information content (AvgIpc) is 2.49. The zero-order valence-corrected chi connectivity index (χ0v) is 9.05. The van der Waals surface area contributed by atoms with Crippen LogP contribution in [-0.2, 0) is 0 Å². The molecule has 3 atom stereocenters. The third-order valence-electron chi connectivity index (χ3n) is 3.87. The lowest BCUT2D eigenvalue weighted by atomic mass is 9.73. The number of rotatable bonds is 2. The van der Waals surface area contributed by atoms with E-state index in [0.717, 1.165) is 23.7 Å². The molecule has 1 aliphatic heterocycles. The zero-order valence-electron chi connectivity index (χ0n) is 9.05. The summed E-state index contributed by atoms with van der Waals surface area (Å²) >= 11 is 0. The largest absolute Gasteiger partial charge is 0.316 e. The zero-order chi connectivity index (χ0) is 9.26. The maximum absolute atomic E-state index is 3.54. The van der Waals surface area contributed by atoms with Crippen LogP contribution >= 0.6 is 0 Å². The van der Waals surface area contributed by atoms with Gasteiger partial charge in [-0.3, -0.25) is 0 Å². The number of fused-ring (bicyclic) bond motifs is 1. The smallest absolute Gasteiger partial charge is 0.00172 e. The molecule has 1 N–H and O–H groups in total. The van der Waals surface area contributed by atoms with Gasteiger partial charge in [0, 0.05) is 0 Å². The van der Waals surface area contributed by atoms with E-state index in [9.17, 15) is 0 Å². The molecule has 1 heterocycles. The van der Waals surface area contributed by atoms with Crippen LogP contribution in [0.3, 0.4) is 0 Å². The Balaban J connectivity index is 1.83. The van der Waals surface area contributed by atoms with Crippen molar-refractivity contribution in [3.63, 3.8) is 0 Å². The van der Waals surface area contributed by atoms with Crippen molar-refractivity contribution in [2.75, 3.05) is 13.1 Å². The van der Waals surface area contributed by atoms with Gasteiger partial charge in [-0.1, -0.05) is 20.3 Å². The molecule has 3 unspecified atom stereocenters. The van der Waals surface area contributed by atoms with Crippen molar-refractivity contribution < 1.29 is 0 Å². The maximum atomic E-state index is 3.54. The van der Waals surface area contributed by atoms with Crippen LogP contribution in [0.25, 0.3) is 0 Å². The minimum atomic E-state index is 0.899. The van der Waals surface area contributed by atoms with Gasteiger partial charge >= 0.3 is 0 Å². The predicted molar refractivity (Wildman–Crippen MR) is 56.6 cm³/mol. The van der Waals surface area contributed by atoms with Crippen molar-refractivity contribution in [1.29, 1.82) is 0 Å². The average molecular weight is 181 g/mol. The molecule has 0 aromatic rings. The number of hydrogen-bond donors (Lipinski definition) is 1. The molecule has 1 aliphatic carbocycles. The van der Waals surface area contributed by atoms with E-state index in [1.54, 1.807) is 0 Å². The van der Waals surface area contributed by atoms with E-state index < -0.39 is 0 Å². The second-order valence-electron chi connectivity index (χ2n) is 5.49. The van der Waals surface area contributed by atoms with Crippen LogP contribution in [-0.4, -0.2) is 13.1 Å². The summed E-state index contributed by atoms with van der Waals surface area (Å²) in [6.45, 7) is 7.33. The molecular formula is C12H23N. The predicted octanol–water partition coefficient (Wildman–Crippen LogP) is 2.67. The summed E-state index contributed by atoms with van der Waals surface area (Å²) in [5.41, 5.74) is 0. The van der Waals surface area contributed by atoms with Crippen molar-refractivity contribution in [2.24, 2.45) is 23.7 Å². The molecule has 0 spiro atoms. The van der Waals surface area contributed by atoms with E-state index in [1.807, 2.05) is 0 Å². The van der Waals surface area contributed by atoms with Crippen LogP contribution < -0.4 is 5.32 Å². The first kappa shape index (κ1) is 9.51. The molecule has 1 saturated carbocycles. The van der Waals surface area contributed by atoms with Gasteiger partial charge in [0.1, 0.15) is 0 Å². The molecule has 0 aromatic carbocycles. The fraction of sp³-hybridized carbons (Fsp3) is 1.00. The minimum absolute atomic E-state index is 0.899. The Bertz CT molecular complexity index is 165. The summed E-state index contributed by atoms with van der Waals surface area (Å²) in [6.07, 6.45) is 5.97. The van der Waals surface area contributed by atoms with Gasteiger partial charge < -0.3 is 5.32 Å². The van der Waals surface area contributed by atoms with Crippen molar-refractivity contribution in [3.8, 4) is 0 Å². The van der Waals surface area contributed by atoms with Crippen LogP contribution in [0.15, 0.2) is 0 Å². The summed E-state index contributed by atoms with van der Waals surface area (Å²) < 4.78 is 0. The van der Waals surface area contributed by atoms with E-state index in [0.29, 0.717) is 0 Å². The summed E-state index contributed by atoms with van der Waals surface area (Å²) in [5.74, 6) is 4.00. The number of hydrogen-bond acceptors (Lipinski definition) is 1. The van der Waals surface area contributed by atoms with Gasteiger partial charge in [-0.15, -0.1) is 0 Å². The van der Waals surface area contributed by atoms with Crippen LogP contribution in [0.4, 0.5) is 0 Å². The lowest BCUT2D eigenvalue weighted by Gasteiger charge is -2.31. The molecule has 2 aliphatic rings. The number of nitrogens with one attached hydrogen (secondary N) is 1. The first-order valence-corrected chi connectivity index (χ1v) is 5.96. The fourth-order valence-electron chi connectivity index (χ4n) is 3.28. The van der Waals surface area contributed by atoms with Crippen molar-refractivity contribution in [2.45, 2.75) is 39.5 Å². The fourth-order valence-corrected chi connectivity index (χ4v) is 3.28. The second kappa shape index (κ2) is 4.00. The lowest BCUT2D eigenvalue weighted by molar-refractivity contribution is 0.202. The third-order valence-corrected chi connectivity index (χ3v) is 3.87. The van der Waals surface area contributed by atoms with Gasteiger partial charge in [0.2, 0.25) is 0 Å². The first-order valence-electron chi connectivity index (χ1n) is 5.96. The highest BCUT2D eigenvalue weighted by molar-refractivity contribution is 4.87. The molecule has 76 valence electrons. The van der Waals surface area contributed by atoms with Gasteiger partial charge in [-0.25, -0.2) is 0 Å². The summed E-state index contributed by atoms with van der Waals surface area (Å²) in [5, 5.41) is 3.54. The Kier molecular flexibility index (Phi) is 2.92. The Morgan fingerprint density at radius 3 is 2.69 bits per heavy atom. The molecule has 0 amide bonds.